The fraction of sp³-hybridized carbons (Fsp3) is 0.444. The van der Waals surface area contributed by atoms with Crippen molar-refractivity contribution in [1.82, 2.24) is 4.98 Å². The molecule has 0 aromatic carbocycles. The summed E-state index contributed by atoms with van der Waals surface area (Å²) in [7, 11) is 0. The van der Waals surface area contributed by atoms with Gasteiger partial charge in [-0.1, -0.05) is 6.92 Å². The van der Waals surface area contributed by atoms with E-state index in [9.17, 15) is 9.59 Å². The predicted octanol–water partition coefficient (Wildman–Crippen LogP) is 1.12. The fourth-order valence-corrected chi connectivity index (χ4v) is 2.00. The second kappa shape index (κ2) is 4.39. The number of anilines is 1. The number of nitrogens with zero attached hydrogens (tertiary/aromatic N) is 1. The van der Waals surface area contributed by atoms with E-state index < -0.39 is 17.8 Å². The summed E-state index contributed by atoms with van der Waals surface area (Å²) in [6, 6.07) is 0. The van der Waals surface area contributed by atoms with Crippen molar-refractivity contribution in [3.8, 4) is 0 Å². The quantitative estimate of drug-likeness (QED) is 0.805. The van der Waals surface area contributed by atoms with E-state index in [0.717, 1.165) is 0 Å². The van der Waals surface area contributed by atoms with Gasteiger partial charge in [0.05, 0.1) is 17.5 Å². The van der Waals surface area contributed by atoms with Crippen molar-refractivity contribution in [3.63, 3.8) is 0 Å². The zero-order chi connectivity index (χ0) is 11.6. The lowest BCUT2D eigenvalue weighted by molar-refractivity contribution is -0.143. The first-order chi connectivity index (χ1) is 6.93. The van der Waals surface area contributed by atoms with Gasteiger partial charge >= 0.3 is 5.97 Å². The molecule has 0 radical (unpaired) electrons. The summed E-state index contributed by atoms with van der Waals surface area (Å²) in [5.74, 6) is -2.72. The lowest BCUT2D eigenvalue weighted by Crippen LogP contribution is -2.24. The highest BCUT2D eigenvalue weighted by Crippen LogP contribution is 2.27. The van der Waals surface area contributed by atoms with Crippen molar-refractivity contribution < 1.29 is 14.7 Å². The zero-order valence-electron chi connectivity index (χ0n) is 8.43. The molecule has 6 heteroatoms. The molecular weight excluding hydrogens is 216 g/mol. The molecule has 0 saturated carbocycles. The van der Waals surface area contributed by atoms with Crippen LogP contribution in [0.4, 0.5) is 5.13 Å². The highest BCUT2D eigenvalue weighted by molar-refractivity contribution is 7.13. The number of ketones is 1. The highest BCUT2D eigenvalue weighted by Gasteiger charge is 2.30. The van der Waals surface area contributed by atoms with Crippen molar-refractivity contribution in [2.75, 3.05) is 5.73 Å². The van der Waals surface area contributed by atoms with E-state index in [1.54, 1.807) is 5.38 Å². The number of Topliss-reactive ketones (excluding diaryl/α,β-unsaturated/α-hetero) is 1. The number of thiazole rings is 1. The van der Waals surface area contributed by atoms with Gasteiger partial charge in [-0.3, -0.25) is 9.59 Å². The van der Waals surface area contributed by atoms with Crippen molar-refractivity contribution in [2.45, 2.75) is 19.8 Å². The van der Waals surface area contributed by atoms with Gasteiger partial charge in [-0.2, -0.15) is 0 Å². The minimum atomic E-state index is -1.01. The third-order valence-corrected chi connectivity index (χ3v) is 2.88. The predicted molar refractivity (Wildman–Crippen MR) is 56.7 cm³/mol. The summed E-state index contributed by atoms with van der Waals surface area (Å²) in [4.78, 5) is 26.1. The third kappa shape index (κ3) is 2.53. The largest absolute Gasteiger partial charge is 0.481 e. The van der Waals surface area contributed by atoms with Gasteiger partial charge in [-0.25, -0.2) is 4.98 Å². The van der Waals surface area contributed by atoms with Crippen molar-refractivity contribution in [1.29, 1.82) is 0 Å². The Labute approximate surface area is 90.9 Å². The van der Waals surface area contributed by atoms with Gasteiger partial charge in [0.15, 0.2) is 5.13 Å². The molecule has 0 aliphatic rings. The van der Waals surface area contributed by atoms with Gasteiger partial charge in [0.25, 0.3) is 0 Å². The van der Waals surface area contributed by atoms with Gasteiger partial charge < -0.3 is 10.8 Å². The first-order valence-electron chi connectivity index (χ1n) is 4.37. The number of aliphatic carboxylic acids is 1. The smallest absolute Gasteiger partial charge is 0.307 e. The molecule has 5 nitrogen and oxygen atoms in total. The fourth-order valence-electron chi connectivity index (χ4n) is 1.40. The number of rotatable bonds is 4. The Hall–Kier alpha value is -1.43. The first-order valence-corrected chi connectivity index (χ1v) is 5.25. The SMILES string of the molecule is CC(=O)C(c1csc(N)n1)C(C)C(=O)O. The molecule has 2 atom stereocenters. The number of aromatic nitrogens is 1. The first kappa shape index (κ1) is 11.6. The average Bonchev–Trinajstić information content (AvgIpc) is 2.51. The van der Waals surface area contributed by atoms with Crippen molar-refractivity contribution in [3.05, 3.63) is 11.1 Å². The van der Waals surface area contributed by atoms with Crippen LogP contribution in [0, 0.1) is 5.92 Å². The molecule has 0 aliphatic carbocycles. The van der Waals surface area contributed by atoms with Crippen LogP contribution in [-0.4, -0.2) is 21.8 Å². The van der Waals surface area contributed by atoms with Crippen molar-refractivity contribution >= 4 is 28.2 Å². The Morgan fingerprint density at radius 2 is 2.20 bits per heavy atom. The molecule has 0 spiro atoms. The van der Waals surface area contributed by atoms with Gasteiger partial charge in [-0.15, -0.1) is 11.3 Å². The lowest BCUT2D eigenvalue weighted by Gasteiger charge is -2.15. The van der Waals surface area contributed by atoms with Crippen LogP contribution in [-0.2, 0) is 9.59 Å². The number of hydrogen-bond acceptors (Lipinski definition) is 5. The van der Waals surface area contributed by atoms with Crippen LogP contribution in [0.5, 0.6) is 0 Å². The zero-order valence-corrected chi connectivity index (χ0v) is 9.25. The van der Waals surface area contributed by atoms with E-state index in [0.29, 0.717) is 10.8 Å². The minimum Gasteiger partial charge on any atom is -0.481 e. The topological polar surface area (TPSA) is 93.3 Å². The second-order valence-electron chi connectivity index (χ2n) is 3.33. The minimum absolute atomic E-state index is 0.213. The molecule has 0 aliphatic heterocycles. The number of carbonyl (C=O) groups is 2. The summed E-state index contributed by atoms with van der Waals surface area (Å²) >= 11 is 1.20. The van der Waals surface area contributed by atoms with Gasteiger partial charge in [0, 0.05) is 5.38 Å². The van der Waals surface area contributed by atoms with E-state index in [1.807, 2.05) is 0 Å². The lowest BCUT2D eigenvalue weighted by atomic mass is 9.88. The molecule has 0 saturated heterocycles. The van der Waals surface area contributed by atoms with Crippen LogP contribution in [0.2, 0.25) is 0 Å². The second-order valence-corrected chi connectivity index (χ2v) is 4.22. The molecule has 1 aromatic rings. The normalized spacial score (nSPS) is 14.5. The Balaban J connectivity index is 3.03. The van der Waals surface area contributed by atoms with Crippen LogP contribution in [0.3, 0.4) is 0 Å². The molecule has 0 amide bonds. The maximum absolute atomic E-state index is 11.4. The molecular formula is C9H12N2O3S. The maximum atomic E-state index is 11.4. The summed E-state index contributed by atoms with van der Waals surface area (Å²) < 4.78 is 0. The maximum Gasteiger partial charge on any atom is 0.307 e. The van der Waals surface area contributed by atoms with Crippen LogP contribution < -0.4 is 5.73 Å². The van der Waals surface area contributed by atoms with Gasteiger partial charge in [0.2, 0.25) is 0 Å². The molecule has 2 unspecified atom stereocenters. The molecule has 1 rings (SSSR count). The summed E-state index contributed by atoms with van der Waals surface area (Å²) in [6.07, 6.45) is 0. The number of carbonyl (C=O) groups excluding carboxylic acids is 1. The summed E-state index contributed by atoms with van der Waals surface area (Å²) in [5.41, 5.74) is 5.89. The van der Waals surface area contributed by atoms with Crippen molar-refractivity contribution in [2.24, 2.45) is 5.92 Å². The van der Waals surface area contributed by atoms with E-state index in [1.165, 1.54) is 25.2 Å². The van der Waals surface area contributed by atoms with E-state index >= 15 is 0 Å². The standard InChI is InChI=1S/C9H12N2O3S/c1-4(8(13)14)7(5(2)12)6-3-15-9(10)11-6/h3-4,7H,1-2H3,(H2,10,11)(H,13,14). The number of nitrogen functional groups attached to an aromatic ring is 1. The molecule has 3 N–H and O–H groups in total. The van der Waals surface area contributed by atoms with Gasteiger partial charge in [0.1, 0.15) is 5.78 Å². The Morgan fingerprint density at radius 1 is 1.60 bits per heavy atom. The Bertz CT molecular complexity index is 388. The van der Waals surface area contributed by atoms with Crippen LogP contribution in [0.15, 0.2) is 5.38 Å². The molecule has 1 heterocycles. The molecule has 15 heavy (non-hydrogen) atoms. The Morgan fingerprint density at radius 3 is 2.53 bits per heavy atom. The molecule has 0 bridgehead atoms. The van der Waals surface area contributed by atoms with E-state index in [4.69, 9.17) is 10.8 Å². The number of hydrogen-bond donors (Lipinski definition) is 2. The van der Waals surface area contributed by atoms with E-state index in [2.05, 4.69) is 4.98 Å². The number of carboxylic acids is 1. The Kier molecular flexibility index (Phi) is 3.41. The highest BCUT2D eigenvalue weighted by atomic mass is 32.1. The molecule has 1 aromatic heterocycles. The van der Waals surface area contributed by atoms with E-state index in [-0.39, 0.29) is 5.78 Å². The van der Waals surface area contributed by atoms with Crippen LogP contribution in [0.25, 0.3) is 0 Å². The number of nitrogens with two attached hydrogens (primary N) is 1. The molecule has 82 valence electrons. The van der Waals surface area contributed by atoms with Crippen LogP contribution >= 0.6 is 11.3 Å². The van der Waals surface area contributed by atoms with Gasteiger partial charge in [-0.05, 0) is 6.92 Å². The monoisotopic (exact) mass is 228 g/mol. The molecule has 0 fully saturated rings. The summed E-state index contributed by atoms with van der Waals surface area (Å²) in [6.45, 7) is 2.85. The van der Waals surface area contributed by atoms with Crippen LogP contribution in [0.1, 0.15) is 25.5 Å². The average molecular weight is 228 g/mol. The number of carboxylic acid groups (broad SMARTS) is 1. The summed E-state index contributed by atoms with van der Waals surface area (Å²) in [5, 5.41) is 10.8. The third-order valence-electron chi connectivity index (χ3n) is 2.19.